The van der Waals surface area contributed by atoms with E-state index in [9.17, 15) is 0 Å². The van der Waals surface area contributed by atoms with Crippen LogP contribution in [0.5, 0.6) is 0 Å². The molecule has 0 radical (unpaired) electrons. The number of benzene rings is 1. The van der Waals surface area contributed by atoms with Crippen molar-refractivity contribution in [2.75, 3.05) is 0 Å². The minimum absolute atomic E-state index is 0.0552. The topological polar surface area (TPSA) is 68.8 Å². The molecule has 0 spiro atoms. The van der Waals surface area contributed by atoms with Crippen LogP contribution in [-0.4, -0.2) is 14.8 Å². The third-order valence-corrected chi connectivity index (χ3v) is 4.30. The summed E-state index contributed by atoms with van der Waals surface area (Å²) < 4.78 is 2.78. The third-order valence-electron chi connectivity index (χ3n) is 3.07. The zero-order valence-electron chi connectivity index (χ0n) is 11.2. The maximum Gasteiger partial charge on any atom is 0.138 e. The normalized spacial score (nSPS) is 12.6. The Morgan fingerprint density at radius 1 is 1.50 bits per heavy atom. The lowest BCUT2D eigenvalue weighted by atomic mass is 10.0. The van der Waals surface area contributed by atoms with E-state index in [1.54, 1.807) is 6.33 Å². The Labute approximate surface area is 131 Å². The van der Waals surface area contributed by atoms with Gasteiger partial charge in [0.2, 0.25) is 0 Å². The molecule has 1 unspecified atom stereocenters. The highest BCUT2D eigenvalue weighted by molar-refractivity contribution is 9.10. The van der Waals surface area contributed by atoms with Gasteiger partial charge in [-0.2, -0.15) is 5.10 Å². The van der Waals surface area contributed by atoms with Crippen molar-refractivity contribution in [3.63, 3.8) is 0 Å². The van der Waals surface area contributed by atoms with E-state index in [1.807, 2.05) is 22.9 Å². The van der Waals surface area contributed by atoms with Crippen LogP contribution in [-0.2, 0) is 13.0 Å². The Morgan fingerprint density at radius 2 is 2.30 bits per heavy atom. The second kappa shape index (κ2) is 7.17. The summed E-state index contributed by atoms with van der Waals surface area (Å²) in [5.74, 6) is 6.58. The number of nitrogens with one attached hydrogen (secondary N) is 1. The maximum absolute atomic E-state index is 6.13. The molecule has 1 heterocycles. The van der Waals surface area contributed by atoms with Crippen LogP contribution in [0.1, 0.15) is 30.8 Å². The molecule has 0 saturated heterocycles. The highest BCUT2D eigenvalue weighted by Gasteiger charge is 2.15. The second-order valence-corrected chi connectivity index (χ2v) is 5.76. The molecule has 0 bridgehead atoms. The molecule has 0 saturated carbocycles. The number of hydrogen-bond acceptors (Lipinski definition) is 4. The number of hydrazine groups is 1. The lowest BCUT2D eigenvalue weighted by Gasteiger charge is -2.17. The van der Waals surface area contributed by atoms with Gasteiger partial charge in [-0.25, -0.2) is 4.98 Å². The number of halogens is 2. The molecule has 5 nitrogen and oxygen atoms in total. The fourth-order valence-corrected chi connectivity index (χ4v) is 2.47. The second-order valence-electron chi connectivity index (χ2n) is 4.50. The van der Waals surface area contributed by atoms with E-state index in [1.165, 1.54) is 0 Å². The third kappa shape index (κ3) is 3.58. The summed E-state index contributed by atoms with van der Waals surface area (Å²) in [6, 6.07) is 5.75. The lowest BCUT2D eigenvalue weighted by Crippen LogP contribution is -2.30. The highest BCUT2D eigenvalue weighted by Crippen LogP contribution is 2.27. The zero-order valence-corrected chi connectivity index (χ0v) is 13.5. The van der Waals surface area contributed by atoms with Crippen LogP contribution >= 0.6 is 27.5 Å². The molecule has 20 heavy (non-hydrogen) atoms. The average molecular weight is 359 g/mol. The summed E-state index contributed by atoms with van der Waals surface area (Å²) in [7, 11) is 0. The molecule has 1 aromatic heterocycles. The van der Waals surface area contributed by atoms with Crippen molar-refractivity contribution in [2.45, 2.75) is 32.4 Å². The molecule has 0 aliphatic heterocycles. The van der Waals surface area contributed by atoms with Gasteiger partial charge < -0.3 is 0 Å². The van der Waals surface area contributed by atoms with Gasteiger partial charge in [-0.15, -0.1) is 0 Å². The van der Waals surface area contributed by atoms with E-state index in [-0.39, 0.29) is 6.04 Å². The maximum atomic E-state index is 6.13. The predicted octanol–water partition coefficient (Wildman–Crippen LogP) is 2.85. The molecule has 2 rings (SSSR count). The van der Waals surface area contributed by atoms with Gasteiger partial charge in [-0.1, -0.05) is 24.6 Å². The van der Waals surface area contributed by atoms with Crippen molar-refractivity contribution in [2.24, 2.45) is 5.84 Å². The molecule has 7 heteroatoms. The summed E-state index contributed by atoms with van der Waals surface area (Å²) >= 11 is 9.51. The summed E-state index contributed by atoms with van der Waals surface area (Å²) in [6.07, 6.45) is 3.25. The first-order chi connectivity index (χ1) is 9.65. The van der Waals surface area contributed by atoms with Crippen molar-refractivity contribution >= 4 is 27.5 Å². The number of nitrogens with two attached hydrogens (primary N) is 1. The lowest BCUT2D eigenvalue weighted by molar-refractivity contribution is 0.499. The molecule has 1 aromatic carbocycles. The SMILES string of the molecule is CCCn1ncnc1CC(NN)c1ccc(Br)c(Cl)c1. The average Bonchev–Trinajstić information content (AvgIpc) is 2.87. The van der Waals surface area contributed by atoms with Gasteiger partial charge in [-0.3, -0.25) is 16.0 Å². The first-order valence-electron chi connectivity index (χ1n) is 6.43. The molecule has 0 aliphatic rings. The molecule has 0 fully saturated rings. The summed E-state index contributed by atoms with van der Waals surface area (Å²) in [5.41, 5.74) is 3.84. The van der Waals surface area contributed by atoms with Gasteiger partial charge in [0, 0.05) is 17.4 Å². The van der Waals surface area contributed by atoms with Crippen LogP contribution in [0.4, 0.5) is 0 Å². The van der Waals surface area contributed by atoms with Crippen LogP contribution in [0.2, 0.25) is 5.02 Å². The van der Waals surface area contributed by atoms with Crippen LogP contribution in [0.15, 0.2) is 29.0 Å². The van der Waals surface area contributed by atoms with E-state index in [0.717, 1.165) is 28.8 Å². The fourth-order valence-electron chi connectivity index (χ4n) is 2.03. The summed E-state index contributed by atoms with van der Waals surface area (Å²) in [5, 5.41) is 4.89. The van der Waals surface area contributed by atoms with Crippen molar-refractivity contribution in [3.05, 3.63) is 45.4 Å². The first kappa shape index (κ1) is 15.4. The number of nitrogens with zero attached hydrogens (tertiary/aromatic N) is 3. The Hall–Kier alpha value is -0.950. The number of rotatable bonds is 6. The first-order valence-corrected chi connectivity index (χ1v) is 7.60. The smallest absolute Gasteiger partial charge is 0.138 e. The molecule has 108 valence electrons. The van der Waals surface area contributed by atoms with Crippen LogP contribution in [0.3, 0.4) is 0 Å². The van der Waals surface area contributed by atoms with Crippen LogP contribution < -0.4 is 11.3 Å². The predicted molar refractivity (Wildman–Crippen MR) is 83.2 cm³/mol. The molecule has 1 atom stereocenters. The van der Waals surface area contributed by atoms with Crippen molar-refractivity contribution in [1.29, 1.82) is 0 Å². The van der Waals surface area contributed by atoms with Crippen molar-refractivity contribution in [1.82, 2.24) is 20.2 Å². The molecule has 0 aliphatic carbocycles. The van der Waals surface area contributed by atoms with E-state index in [2.05, 4.69) is 38.4 Å². The van der Waals surface area contributed by atoms with Gasteiger partial charge in [0.1, 0.15) is 12.2 Å². The van der Waals surface area contributed by atoms with Crippen molar-refractivity contribution in [3.8, 4) is 0 Å². The Morgan fingerprint density at radius 3 is 2.95 bits per heavy atom. The van der Waals surface area contributed by atoms with Gasteiger partial charge >= 0.3 is 0 Å². The molecule has 2 aromatic rings. The molecule has 0 amide bonds. The fraction of sp³-hybridized carbons (Fsp3) is 0.385. The molecule has 3 N–H and O–H groups in total. The van der Waals surface area contributed by atoms with Crippen LogP contribution in [0, 0.1) is 0 Å². The Kier molecular flexibility index (Phi) is 5.54. The van der Waals surface area contributed by atoms with Gasteiger partial charge in [0.25, 0.3) is 0 Å². The van der Waals surface area contributed by atoms with E-state index in [0.29, 0.717) is 11.4 Å². The van der Waals surface area contributed by atoms with Crippen LogP contribution in [0.25, 0.3) is 0 Å². The quantitative estimate of drug-likeness (QED) is 0.615. The minimum Gasteiger partial charge on any atom is -0.271 e. The van der Waals surface area contributed by atoms with Gasteiger partial charge in [0.05, 0.1) is 11.1 Å². The van der Waals surface area contributed by atoms with Crippen molar-refractivity contribution < 1.29 is 0 Å². The van der Waals surface area contributed by atoms with E-state index >= 15 is 0 Å². The highest BCUT2D eigenvalue weighted by atomic mass is 79.9. The monoisotopic (exact) mass is 357 g/mol. The van der Waals surface area contributed by atoms with Gasteiger partial charge in [-0.05, 0) is 40.0 Å². The Balaban J connectivity index is 2.19. The number of aromatic nitrogens is 3. The minimum atomic E-state index is -0.0552. The summed E-state index contributed by atoms with van der Waals surface area (Å²) in [4.78, 5) is 4.30. The Bertz CT molecular complexity index is 572. The number of hydrogen-bond donors (Lipinski definition) is 2. The molecular formula is C13H17BrClN5. The molecular weight excluding hydrogens is 342 g/mol. The largest absolute Gasteiger partial charge is 0.271 e. The zero-order chi connectivity index (χ0) is 14.5. The number of aryl methyl sites for hydroxylation is 1. The van der Waals surface area contributed by atoms with E-state index in [4.69, 9.17) is 17.4 Å². The summed E-state index contributed by atoms with van der Waals surface area (Å²) in [6.45, 7) is 2.96. The van der Waals surface area contributed by atoms with E-state index < -0.39 is 0 Å². The standard InChI is InChI=1S/C13H17BrClN5/c1-2-5-20-13(17-8-18-20)7-12(19-16)9-3-4-10(14)11(15)6-9/h3-4,6,8,12,19H,2,5,7,16H2,1H3. The van der Waals surface area contributed by atoms with Gasteiger partial charge in [0.15, 0.2) is 0 Å².